The van der Waals surface area contributed by atoms with Crippen molar-refractivity contribution in [2.24, 2.45) is 0 Å². The van der Waals surface area contributed by atoms with Crippen LogP contribution in [0.3, 0.4) is 0 Å². The number of hydrogen-bond acceptors (Lipinski definition) is 3. The van der Waals surface area contributed by atoms with Crippen LogP contribution in [0.15, 0.2) is 0 Å². The first-order valence-corrected chi connectivity index (χ1v) is 6.91. The number of carbonyl (C=O) groups is 1. The highest BCUT2D eigenvalue weighted by Crippen LogP contribution is 2.00. The maximum absolute atomic E-state index is 9.85. The number of nitrogens with zero attached hydrogens (tertiary/aromatic N) is 1. The van der Waals surface area contributed by atoms with E-state index >= 15 is 0 Å². The molecule has 0 fully saturated rings. The van der Waals surface area contributed by atoms with Gasteiger partial charge in [-0.25, -0.2) is 0 Å². The molecule has 0 unspecified atom stereocenters. The van der Waals surface area contributed by atoms with E-state index in [0.29, 0.717) is 0 Å². The van der Waals surface area contributed by atoms with E-state index in [1.165, 1.54) is 0 Å². The summed E-state index contributed by atoms with van der Waals surface area (Å²) in [6, 6.07) is 0. The van der Waals surface area contributed by atoms with E-state index in [1.54, 1.807) is 0 Å². The van der Waals surface area contributed by atoms with Crippen LogP contribution < -0.4 is 5.11 Å². The lowest BCUT2D eigenvalue weighted by Gasteiger charge is -2.23. The third-order valence-electron chi connectivity index (χ3n) is 2.35. The summed E-state index contributed by atoms with van der Waals surface area (Å²) in [5.41, 5.74) is 0. The van der Waals surface area contributed by atoms with Crippen molar-refractivity contribution in [1.29, 1.82) is 0 Å². The lowest BCUT2D eigenvalue weighted by Crippen LogP contribution is -2.37. The number of ether oxygens (including phenoxy) is 1. The van der Waals surface area contributed by atoms with Gasteiger partial charge >= 0.3 is 0 Å². The van der Waals surface area contributed by atoms with Gasteiger partial charge in [-0.2, -0.15) is 0 Å². The highest BCUT2D eigenvalue weighted by molar-refractivity contribution is 5.63. The van der Waals surface area contributed by atoms with Gasteiger partial charge in [0.05, 0.1) is 27.7 Å². The first-order valence-electron chi connectivity index (χ1n) is 6.91. The summed E-state index contributed by atoms with van der Waals surface area (Å²) in [4.78, 5) is 9.85. The number of carbonyl (C=O) groups excluding carboxylic acids is 1. The molecule has 0 rings (SSSR count). The monoisotopic (exact) mass is 261 g/mol. The van der Waals surface area contributed by atoms with Gasteiger partial charge in [-0.15, -0.1) is 0 Å². The quantitative estimate of drug-likeness (QED) is 0.466. The SMILES string of the molecule is CCCCCCC(=O)[O-].CCOCC[N+](C)(C)C. The van der Waals surface area contributed by atoms with Crippen LogP contribution in [0.5, 0.6) is 0 Å². The van der Waals surface area contributed by atoms with Gasteiger partial charge in [-0.1, -0.05) is 26.2 Å². The van der Waals surface area contributed by atoms with Gasteiger partial charge in [-0.3, -0.25) is 0 Å². The predicted octanol–water partition coefficient (Wildman–Crippen LogP) is 1.44. The van der Waals surface area contributed by atoms with E-state index in [9.17, 15) is 9.90 Å². The zero-order valence-electron chi connectivity index (χ0n) is 12.8. The molecule has 0 aromatic rings. The van der Waals surface area contributed by atoms with Crippen molar-refractivity contribution in [3.63, 3.8) is 0 Å². The van der Waals surface area contributed by atoms with Gasteiger partial charge in [0, 0.05) is 12.6 Å². The third-order valence-corrected chi connectivity index (χ3v) is 2.35. The minimum Gasteiger partial charge on any atom is -0.550 e. The molecule has 0 radical (unpaired) electrons. The molecule has 0 saturated heterocycles. The molecule has 0 aromatic carbocycles. The van der Waals surface area contributed by atoms with Gasteiger partial charge in [0.25, 0.3) is 0 Å². The lowest BCUT2D eigenvalue weighted by atomic mass is 10.2. The second-order valence-electron chi connectivity index (χ2n) is 5.39. The Hall–Kier alpha value is -0.610. The summed E-state index contributed by atoms with van der Waals surface area (Å²) >= 11 is 0. The molecule has 0 amide bonds. The van der Waals surface area contributed by atoms with E-state index in [0.717, 1.165) is 49.9 Å². The third kappa shape index (κ3) is 24.6. The van der Waals surface area contributed by atoms with Crippen LogP contribution in [0.4, 0.5) is 0 Å². The van der Waals surface area contributed by atoms with Crippen LogP contribution >= 0.6 is 0 Å². The van der Waals surface area contributed by atoms with Gasteiger partial charge in [0.2, 0.25) is 0 Å². The highest BCUT2D eigenvalue weighted by atomic mass is 16.5. The van der Waals surface area contributed by atoms with E-state index in [-0.39, 0.29) is 6.42 Å². The van der Waals surface area contributed by atoms with Crippen LogP contribution in [-0.4, -0.2) is 51.4 Å². The molecule has 0 spiro atoms. The average Bonchev–Trinajstić information content (AvgIpc) is 2.24. The molecule has 18 heavy (non-hydrogen) atoms. The minimum atomic E-state index is -0.925. The summed E-state index contributed by atoms with van der Waals surface area (Å²) < 4.78 is 6.18. The minimum absolute atomic E-state index is 0.222. The van der Waals surface area contributed by atoms with Crippen LogP contribution in [0.25, 0.3) is 0 Å². The van der Waals surface area contributed by atoms with Crippen molar-refractivity contribution in [1.82, 2.24) is 0 Å². The van der Waals surface area contributed by atoms with E-state index in [2.05, 4.69) is 28.1 Å². The molecule has 0 aromatic heterocycles. The molecule has 0 bridgehead atoms. The molecule has 0 atom stereocenters. The topological polar surface area (TPSA) is 49.4 Å². The largest absolute Gasteiger partial charge is 0.550 e. The molecule has 0 aliphatic rings. The Morgan fingerprint density at radius 1 is 1.11 bits per heavy atom. The van der Waals surface area contributed by atoms with Crippen molar-refractivity contribution < 1.29 is 19.1 Å². The second-order valence-corrected chi connectivity index (χ2v) is 5.39. The Labute approximate surface area is 113 Å². The zero-order chi connectivity index (χ0) is 14.4. The van der Waals surface area contributed by atoms with Crippen LogP contribution in [0, 0.1) is 0 Å². The molecule has 0 N–H and O–H groups in total. The van der Waals surface area contributed by atoms with E-state index in [4.69, 9.17) is 4.74 Å². The zero-order valence-corrected chi connectivity index (χ0v) is 12.8. The highest BCUT2D eigenvalue weighted by Gasteiger charge is 2.04. The summed E-state index contributed by atoms with van der Waals surface area (Å²) in [6.07, 6.45) is 4.29. The summed E-state index contributed by atoms with van der Waals surface area (Å²) in [7, 11) is 6.50. The number of quaternary nitrogens is 1. The fourth-order valence-electron chi connectivity index (χ4n) is 1.18. The Kier molecular flexibility index (Phi) is 14.1. The molecule has 4 nitrogen and oxygen atoms in total. The number of rotatable bonds is 9. The summed E-state index contributed by atoms with van der Waals surface area (Å²) in [5.74, 6) is -0.925. The van der Waals surface area contributed by atoms with Crippen LogP contribution in [0.1, 0.15) is 46.0 Å². The number of hydrogen-bond donors (Lipinski definition) is 0. The van der Waals surface area contributed by atoms with Crippen molar-refractivity contribution in [2.45, 2.75) is 46.0 Å². The normalized spacial score (nSPS) is 10.7. The maximum Gasteiger partial charge on any atom is 0.102 e. The molecular weight excluding hydrogens is 230 g/mol. The van der Waals surface area contributed by atoms with Crippen LogP contribution in [0.2, 0.25) is 0 Å². The number of likely N-dealkylation sites (N-methyl/N-ethyl adjacent to an activating group) is 1. The summed E-state index contributed by atoms with van der Waals surface area (Å²) in [6.45, 7) is 6.92. The van der Waals surface area contributed by atoms with Crippen molar-refractivity contribution >= 4 is 5.97 Å². The summed E-state index contributed by atoms with van der Waals surface area (Å²) in [5, 5.41) is 9.85. The molecular formula is C14H31NO3. The Bertz CT molecular complexity index is 188. The van der Waals surface area contributed by atoms with Crippen LogP contribution in [-0.2, 0) is 9.53 Å². The molecule has 4 heteroatoms. The average molecular weight is 261 g/mol. The smallest absolute Gasteiger partial charge is 0.102 e. The maximum atomic E-state index is 9.85. The number of unbranched alkanes of at least 4 members (excludes halogenated alkanes) is 3. The standard InChI is InChI=1S/C7H18NO.C7H14O2/c1-5-9-7-6-8(2,3)4;1-2-3-4-5-6-7(8)9/h5-7H2,1-4H3;2-6H2,1H3,(H,8,9)/q+1;/p-1. The first-order chi connectivity index (χ1) is 8.33. The van der Waals surface area contributed by atoms with Gasteiger partial charge in [0.1, 0.15) is 6.54 Å². The molecule has 110 valence electrons. The van der Waals surface area contributed by atoms with Crippen molar-refractivity contribution in [2.75, 3.05) is 40.9 Å². The fraction of sp³-hybridized carbons (Fsp3) is 0.929. The van der Waals surface area contributed by atoms with Crippen molar-refractivity contribution in [3.8, 4) is 0 Å². The lowest BCUT2D eigenvalue weighted by molar-refractivity contribution is -0.870. The number of aliphatic carboxylic acids is 1. The molecule has 0 aliphatic carbocycles. The Morgan fingerprint density at radius 3 is 2.11 bits per heavy atom. The predicted molar refractivity (Wildman–Crippen MR) is 73.2 cm³/mol. The molecule has 0 aliphatic heterocycles. The second kappa shape index (κ2) is 12.8. The molecule has 0 heterocycles. The first kappa shape index (κ1) is 19.7. The number of carboxylic acids is 1. The Balaban J connectivity index is 0. The Morgan fingerprint density at radius 2 is 1.72 bits per heavy atom. The fourth-order valence-corrected chi connectivity index (χ4v) is 1.18. The molecule has 0 saturated carbocycles. The van der Waals surface area contributed by atoms with Crippen molar-refractivity contribution in [3.05, 3.63) is 0 Å². The van der Waals surface area contributed by atoms with Gasteiger partial charge in [0.15, 0.2) is 0 Å². The van der Waals surface area contributed by atoms with Gasteiger partial charge < -0.3 is 19.1 Å². The van der Waals surface area contributed by atoms with Gasteiger partial charge in [-0.05, 0) is 19.8 Å². The van der Waals surface area contributed by atoms with E-state index < -0.39 is 5.97 Å². The van der Waals surface area contributed by atoms with E-state index in [1.807, 2.05) is 6.92 Å². The number of carboxylic acid groups (broad SMARTS) is 1.